The van der Waals surface area contributed by atoms with Crippen LogP contribution in [0.5, 0.6) is 0 Å². The minimum Gasteiger partial charge on any atom is -0.314 e. The molecule has 17 heavy (non-hydrogen) atoms. The third-order valence-electron chi connectivity index (χ3n) is 3.74. The second kappa shape index (κ2) is 5.63. The van der Waals surface area contributed by atoms with Crippen molar-refractivity contribution in [2.75, 3.05) is 6.54 Å². The molecule has 0 aromatic heterocycles. The second-order valence-electron chi connectivity index (χ2n) is 5.42. The topological polar surface area (TPSA) is 12.0 Å². The van der Waals surface area contributed by atoms with Gasteiger partial charge in [0.2, 0.25) is 0 Å². The van der Waals surface area contributed by atoms with E-state index in [1.807, 2.05) is 6.07 Å². The third-order valence-corrected chi connectivity index (χ3v) is 3.74. The molecule has 0 radical (unpaired) electrons. The number of aryl methyl sites for hydroxylation is 1. The van der Waals surface area contributed by atoms with Gasteiger partial charge in [-0.05, 0) is 61.9 Å². The molecule has 1 N–H and O–H groups in total. The standard InChI is InChI=1S/C15H22FN/c1-11(10-17-15-4-3-5-15)8-13-9-14(16)7-6-12(13)2/h6-7,9,11,15,17H,3-5,8,10H2,1-2H3. The molecule has 0 heterocycles. The molecule has 1 nitrogen and oxygen atoms in total. The van der Waals surface area contributed by atoms with Crippen molar-refractivity contribution in [2.24, 2.45) is 5.92 Å². The summed E-state index contributed by atoms with van der Waals surface area (Å²) in [6.07, 6.45) is 4.98. The van der Waals surface area contributed by atoms with Crippen LogP contribution in [0.25, 0.3) is 0 Å². The van der Waals surface area contributed by atoms with Crippen molar-refractivity contribution >= 4 is 0 Å². The van der Waals surface area contributed by atoms with Crippen LogP contribution < -0.4 is 5.32 Å². The molecule has 94 valence electrons. The van der Waals surface area contributed by atoms with E-state index in [0.717, 1.165) is 24.6 Å². The van der Waals surface area contributed by atoms with Gasteiger partial charge in [0.1, 0.15) is 5.82 Å². The molecule has 1 aromatic carbocycles. The molecule has 0 amide bonds. The molecule has 1 saturated carbocycles. The van der Waals surface area contributed by atoms with Crippen LogP contribution in [0, 0.1) is 18.7 Å². The van der Waals surface area contributed by atoms with E-state index in [-0.39, 0.29) is 5.82 Å². The fourth-order valence-corrected chi connectivity index (χ4v) is 2.29. The second-order valence-corrected chi connectivity index (χ2v) is 5.42. The van der Waals surface area contributed by atoms with Crippen molar-refractivity contribution in [3.8, 4) is 0 Å². The summed E-state index contributed by atoms with van der Waals surface area (Å²) in [5.41, 5.74) is 2.34. The molecule has 1 atom stereocenters. The maximum absolute atomic E-state index is 13.2. The average Bonchev–Trinajstić information content (AvgIpc) is 2.21. The average molecular weight is 235 g/mol. The lowest BCUT2D eigenvalue weighted by Crippen LogP contribution is -2.38. The summed E-state index contributed by atoms with van der Waals surface area (Å²) in [6.45, 7) is 5.33. The van der Waals surface area contributed by atoms with Crippen molar-refractivity contribution in [2.45, 2.75) is 45.6 Å². The highest BCUT2D eigenvalue weighted by Crippen LogP contribution is 2.19. The van der Waals surface area contributed by atoms with Crippen LogP contribution in [0.3, 0.4) is 0 Å². The maximum atomic E-state index is 13.2. The van der Waals surface area contributed by atoms with Gasteiger partial charge in [-0.1, -0.05) is 19.4 Å². The molecule has 2 heteroatoms. The molecule has 1 unspecified atom stereocenters. The molecule has 1 aliphatic rings. The van der Waals surface area contributed by atoms with Gasteiger partial charge in [-0.25, -0.2) is 4.39 Å². The molecular weight excluding hydrogens is 213 g/mol. The predicted molar refractivity (Wildman–Crippen MR) is 69.6 cm³/mol. The Balaban J connectivity index is 1.83. The lowest BCUT2D eigenvalue weighted by atomic mass is 9.92. The van der Waals surface area contributed by atoms with Crippen LogP contribution in [0.4, 0.5) is 4.39 Å². The zero-order chi connectivity index (χ0) is 12.3. The van der Waals surface area contributed by atoms with E-state index in [4.69, 9.17) is 0 Å². The lowest BCUT2D eigenvalue weighted by Gasteiger charge is -2.28. The van der Waals surface area contributed by atoms with E-state index in [0.29, 0.717) is 5.92 Å². The van der Waals surface area contributed by atoms with Gasteiger partial charge in [-0.15, -0.1) is 0 Å². The van der Waals surface area contributed by atoms with E-state index in [1.54, 1.807) is 6.07 Å². The van der Waals surface area contributed by atoms with E-state index in [1.165, 1.54) is 30.9 Å². The Hall–Kier alpha value is -0.890. The molecule has 2 rings (SSSR count). The van der Waals surface area contributed by atoms with Crippen molar-refractivity contribution in [3.05, 3.63) is 35.1 Å². The van der Waals surface area contributed by atoms with Crippen LogP contribution >= 0.6 is 0 Å². The third kappa shape index (κ3) is 3.53. The van der Waals surface area contributed by atoms with E-state index in [9.17, 15) is 4.39 Å². The smallest absolute Gasteiger partial charge is 0.123 e. The monoisotopic (exact) mass is 235 g/mol. The summed E-state index contributed by atoms with van der Waals surface area (Å²) in [4.78, 5) is 0. The quantitative estimate of drug-likeness (QED) is 0.824. The highest BCUT2D eigenvalue weighted by Gasteiger charge is 2.17. The fraction of sp³-hybridized carbons (Fsp3) is 0.600. The maximum Gasteiger partial charge on any atom is 0.123 e. The lowest BCUT2D eigenvalue weighted by molar-refractivity contribution is 0.320. The van der Waals surface area contributed by atoms with Gasteiger partial charge in [0, 0.05) is 6.04 Å². The van der Waals surface area contributed by atoms with Crippen molar-refractivity contribution in [3.63, 3.8) is 0 Å². The summed E-state index contributed by atoms with van der Waals surface area (Å²) in [6, 6.07) is 5.83. The van der Waals surface area contributed by atoms with Gasteiger partial charge in [0.05, 0.1) is 0 Å². The number of hydrogen-bond acceptors (Lipinski definition) is 1. The first kappa shape index (κ1) is 12.6. The van der Waals surface area contributed by atoms with Crippen molar-refractivity contribution < 1.29 is 4.39 Å². The number of benzene rings is 1. The summed E-state index contributed by atoms with van der Waals surface area (Å²) < 4.78 is 13.2. The number of hydrogen-bond donors (Lipinski definition) is 1. The van der Waals surface area contributed by atoms with Gasteiger partial charge in [0.25, 0.3) is 0 Å². The highest BCUT2D eigenvalue weighted by atomic mass is 19.1. The van der Waals surface area contributed by atoms with Crippen LogP contribution in [-0.2, 0) is 6.42 Å². The normalized spacial score (nSPS) is 17.8. The van der Waals surface area contributed by atoms with Gasteiger partial charge in [0.15, 0.2) is 0 Å². The van der Waals surface area contributed by atoms with E-state index >= 15 is 0 Å². The van der Waals surface area contributed by atoms with Crippen molar-refractivity contribution in [1.29, 1.82) is 0 Å². The zero-order valence-corrected chi connectivity index (χ0v) is 10.8. The zero-order valence-electron chi connectivity index (χ0n) is 10.8. The van der Waals surface area contributed by atoms with Crippen LogP contribution in [-0.4, -0.2) is 12.6 Å². The largest absolute Gasteiger partial charge is 0.314 e. The molecule has 0 aliphatic heterocycles. The van der Waals surface area contributed by atoms with Crippen LogP contribution in [0.2, 0.25) is 0 Å². The van der Waals surface area contributed by atoms with Gasteiger partial charge in [-0.2, -0.15) is 0 Å². The Bertz CT molecular complexity index is 371. The first-order chi connectivity index (χ1) is 8.15. The minimum atomic E-state index is -0.121. The summed E-state index contributed by atoms with van der Waals surface area (Å²) in [5.74, 6) is 0.445. The number of nitrogens with one attached hydrogen (secondary N) is 1. The first-order valence-electron chi connectivity index (χ1n) is 6.63. The minimum absolute atomic E-state index is 0.121. The fourth-order valence-electron chi connectivity index (χ4n) is 2.29. The summed E-state index contributed by atoms with van der Waals surface area (Å²) in [5, 5.41) is 3.58. The summed E-state index contributed by atoms with van der Waals surface area (Å²) >= 11 is 0. The molecule has 0 bridgehead atoms. The Labute approximate surface area is 103 Å². The van der Waals surface area contributed by atoms with Crippen molar-refractivity contribution in [1.82, 2.24) is 5.32 Å². The van der Waals surface area contributed by atoms with E-state index in [2.05, 4.69) is 19.2 Å². The van der Waals surface area contributed by atoms with Gasteiger partial charge in [-0.3, -0.25) is 0 Å². The molecule has 1 fully saturated rings. The van der Waals surface area contributed by atoms with Crippen LogP contribution in [0.15, 0.2) is 18.2 Å². The van der Waals surface area contributed by atoms with Gasteiger partial charge < -0.3 is 5.32 Å². The van der Waals surface area contributed by atoms with E-state index < -0.39 is 0 Å². The SMILES string of the molecule is Cc1ccc(F)cc1CC(C)CNC1CCC1. The Morgan fingerprint density at radius 2 is 2.18 bits per heavy atom. The Morgan fingerprint density at radius 3 is 2.82 bits per heavy atom. The van der Waals surface area contributed by atoms with Gasteiger partial charge >= 0.3 is 0 Å². The molecular formula is C15H22FN. The first-order valence-corrected chi connectivity index (χ1v) is 6.63. The molecule has 1 aromatic rings. The number of halogens is 1. The van der Waals surface area contributed by atoms with Crippen LogP contribution in [0.1, 0.15) is 37.3 Å². The molecule has 0 spiro atoms. The number of rotatable bonds is 5. The Kier molecular flexibility index (Phi) is 4.16. The predicted octanol–water partition coefficient (Wildman–Crippen LogP) is 3.45. The highest BCUT2D eigenvalue weighted by molar-refractivity contribution is 5.26. The Morgan fingerprint density at radius 1 is 1.41 bits per heavy atom. The summed E-state index contributed by atoms with van der Waals surface area (Å²) in [7, 11) is 0. The molecule has 0 saturated heterocycles. The molecule has 1 aliphatic carbocycles.